The molecule has 0 aliphatic carbocycles. The number of benzene rings is 2. The number of carbonyl (C=O) groups excluding carboxylic acids is 1. The molecule has 34 heavy (non-hydrogen) atoms. The van der Waals surface area contributed by atoms with Crippen LogP contribution in [0.3, 0.4) is 0 Å². The average molecular weight is 457 g/mol. The van der Waals surface area contributed by atoms with Crippen molar-refractivity contribution >= 4 is 17.6 Å². The van der Waals surface area contributed by atoms with Gasteiger partial charge in [0, 0.05) is 16.8 Å². The number of fused-ring (bicyclic) bond motifs is 5. The number of carboxylic acid groups (broad SMARTS) is 1. The molecule has 0 unspecified atom stereocenters. The number of aromatic amines is 1. The van der Waals surface area contributed by atoms with Crippen LogP contribution in [0, 0.1) is 11.3 Å². The van der Waals surface area contributed by atoms with E-state index < -0.39 is 23.8 Å². The van der Waals surface area contributed by atoms with Crippen molar-refractivity contribution in [3.05, 3.63) is 65.0 Å². The molecule has 0 fully saturated rings. The van der Waals surface area contributed by atoms with Gasteiger partial charge < -0.3 is 25.1 Å². The number of rotatable bonds is 3. The number of nitriles is 1. The van der Waals surface area contributed by atoms with E-state index in [0.717, 1.165) is 4.90 Å². The van der Waals surface area contributed by atoms with Crippen molar-refractivity contribution in [1.29, 1.82) is 5.26 Å². The van der Waals surface area contributed by atoms with Crippen LogP contribution in [-0.2, 0) is 15.0 Å². The predicted molar refractivity (Wildman–Crippen MR) is 115 cm³/mol. The summed E-state index contributed by atoms with van der Waals surface area (Å²) in [6.07, 6.45) is 0. The highest BCUT2D eigenvalue weighted by Crippen LogP contribution is 2.57. The van der Waals surface area contributed by atoms with Gasteiger partial charge in [-0.1, -0.05) is 18.2 Å². The Labute approximate surface area is 191 Å². The fourth-order valence-corrected chi connectivity index (χ4v) is 4.84. The number of nitrogens with one attached hydrogen (secondary N) is 1. The molecule has 4 heterocycles. The summed E-state index contributed by atoms with van der Waals surface area (Å²) in [5, 5.41) is 26.7. The van der Waals surface area contributed by atoms with Gasteiger partial charge in [0.15, 0.2) is 11.5 Å². The van der Waals surface area contributed by atoms with Crippen LogP contribution in [0.1, 0.15) is 11.1 Å². The molecule has 1 atom stereocenters. The zero-order chi connectivity index (χ0) is 23.6. The van der Waals surface area contributed by atoms with Gasteiger partial charge in [0.05, 0.1) is 11.3 Å². The molecule has 11 heteroatoms. The van der Waals surface area contributed by atoms with Crippen molar-refractivity contribution in [2.45, 2.75) is 5.41 Å². The third-order valence-electron chi connectivity index (χ3n) is 6.17. The van der Waals surface area contributed by atoms with E-state index in [4.69, 9.17) is 19.9 Å². The Kier molecular flexibility index (Phi) is 3.91. The Balaban J connectivity index is 1.67. The van der Waals surface area contributed by atoms with Crippen molar-refractivity contribution in [3.63, 3.8) is 0 Å². The summed E-state index contributed by atoms with van der Waals surface area (Å²) in [6.45, 7) is -0.510. The van der Waals surface area contributed by atoms with Gasteiger partial charge in [-0.3, -0.25) is 19.6 Å². The number of nitrogens with zero attached hydrogens (tertiary/aromatic N) is 3. The number of hydrogen-bond acceptors (Lipinski definition) is 8. The van der Waals surface area contributed by atoms with Crippen LogP contribution in [0.25, 0.3) is 11.3 Å². The summed E-state index contributed by atoms with van der Waals surface area (Å²) in [4.78, 5) is 26.9. The molecule has 0 saturated carbocycles. The SMILES string of the molecule is N#CC1=C(N)Oc2n[nH]c(-c3ccc4c(c3)OCO4)c2[C@]12C(=O)N(CC(=O)O)c1ccccc12. The second kappa shape index (κ2) is 6.76. The second-order valence-electron chi connectivity index (χ2n) is 7.85. The van der Waals surface area contributed by atoms with Crippen LogP contribution in [-0.4, -0.2) is 40.5 Å². The molecular weight excluding hydrogens is 442 g/mol. The van der Waals surface area contributed by atoms with E-state index >= 15 is 0 Å². The molecule has 6 rings (SSSR count). The normalized spacial score (nSPS) is 19.6. The molecule has 4 N–H and O–H groups in total. The highest BCUT2D eigenvalue weighted by atomic mass is 16.7. The fraction of sp³-hybridized carbons (Fsp3) is 0.130. The molecule has 0 saturated heterocycles. The summed E-state index contributed by atoms with van der Waals surface area (Å²) < 4.78 is 16.5. The molecule has 3 aliphatic heterocycles. The minimum Gasteiger partial charge on any atom is -0.480 e. The highest BCUT2D eigenvalue weighted by Gasteiger charge is 2.61. The van der Waals surface area contributed by atoms with E-state index in [2.05, 4.69) is 10.2 Å². The standard InChI is InChI=1S/C23H15N5O6/c24-8-13-20(25)34-21-18(19(26-27-21)11-5-6-15-16(7-11)33-10-32-15)23(13)12-3-1-2-4-14(12)28(22(23)31)9-17(29)30/h1-7H,9-10,25H2,(H,26,27)(H,29,30)/t23-/m1/s1. The predicted octanol–water partition coefficient (Wildman–Crippen LogP) is 1.61. The number of amides is 1. The zero-order valence-electron chi connectivity index (χ0n) is 17.4. The highest BCUT2D eigenvalue weighted by molar-refractivity contribution is 6.16. The average Bonchev–Trinajstić information content (AvgIpc) is 3.52. The number of para-hydroxylation sites is 1. The monoisotopic (exact) mass is 457 g/mol. The Bertz CT molecular complexity index is 1490. The third-order valence-corrected chi connectivity index (χ3v) is 6.17. The molecule has 1 spiro atoms. The van der Waals surface area contributed by atoms with Crippen LogP contribution >= 0.6 is 0 Å². The molecule has 168 valence electrons. The van der Waals surface area contributed by atoms with E-state index in [-0.39, 0.29) is 29.7 Å². The van der Waals surface area contributed by atoms with Crippen LogP contribution in [0.2, 0.25) is 0 Å². The Morgan fingerprint density at radius 3 is 2.85 bits per heavy atom. The minimum atomic E-state index is -1.75. The largest absolute Gasteiger partial charge is 0.480 e. The van der Waals surface area contributed by atoms with Gasteiger partial charge in [0.1, 0.15) is 23.6 Å². The smallest absolute Gasteiger partial charge is 0.323 e. The van der Waals surface area contributed by atoms with E-state index in [9.17, 15) is 20.0 Å². The van der Waals surface area contributed by atoms with Crippen molar-refractivity contribution in [3.8, 4) is 34.7 Å². The number of H-pyrrole nitrogens is 1. The molecule has 1 amide bonds. The molecule has 2 aromatic carbocycles. The number of nitrogens with two attached hydrogens (primary N) is 1. The lowest BCUT2D eigenvalue weighted by atomic mass is 9.68. The van der Waals surface area contributed by atoms with Gasteiger partial charge >= 0.3 is 5.97 Å². The van der Waals surface area contributed by atoms with Crippen molar-refractivity contribution < 1.29 is 28.9 Å². The fourth-order valence-electron chi connectivity index (χ4n) is 4.84. The summed E-state index contributed by atoms with van der Waals surface area (Å²) in [5.41, 5.74) is 6.24. The van der Waals surface area contributed by atoms with Crippen LogP contribution < -0.4 is 24.8 Å². The van der Waals surface area contributed by atoms with E-state index in [1.807, 2.05) is 6.07 Å². The first-order valence-corrected chi connectivity index (χ1v) is 10.2. The Morgan fingerprint density at radius 1 is 1.26 bits per heavy atom. The van der Waals surface area contributed by atoms with Gasteiger partial charge in [-0.15, -0.1) is 5.10 Å². The van der Waals surface area contributed by atoms with E-state index in [0.29, 0.717) is 34.0 Å². The number of carbonyl (C=O) groups is 2. The van der Waals surface area contributed by atoms with Crippen LogP contribution in [0.4, 0.5) is 5.69 Å². The first-order valence-electron chi connectivity index (χ1n) is 10.2. The van der Waals surface area contributed by atoms with Gasteiger partial charge in [-0.05, 0) is 24.3 Å². The topological polar surface area (TPSA) is 164 Å². The number of aliphatic carboxylic acids is 1. The zero-order valence-corrected chi connectivity index (χ0v) is 17.4. The van der Waals surface area contributed by atoms with Gasteiger partial charge in [-0.2, -0.15) is 5.26 Å². The number of aromatic nitrogens is 2. The Hall–Kier alpha value is -4.98. The number of ether oxygens (including phenoxy) is 3. The third kappa shape index (κ3) is 2.36. The van der Waals surface area contributed by atoms with Crippen molar-refractivity contribution in [1.82, 2.24) is 10.2 Å². The minimum absolute atomic E-state index is 0.0181. The molecule has 0 radical (unpaired) electrons. The maximum absolute atomic E-state index is 14.1. The lowest BCUT2D eigenvalue weighted by Crippen LogP contribution is -2.47. The van der Waals surface area contributed by atoms with Crippen molar-refractivity contribution in [2.75, 3.05) is 18.2 Å². The molecule has 11 nitrogen and oxygen atoms in total. The summed E-state index contributed by atoms with van der Waals surface area (Å²) >= 11 is 0. The maximum Gasteiger partial charge on any atom is 0.323 e. The molecule has 3 aliphatic rings. The van der Waals surface area contributed by atoms with E-state index in [1.165, 1.54) is 0 Å². The lowest BCUT2D eigenvalue weighted by molar-refractivity contribution is -0.136. The first-order chi connectivity index (χ1) is 16.5. The lowest BCUT2D eigenvalue weighted by Gasteiger charge is -2.32. The summed E-state index contributed by atoms with van der Waals surface area (Å²) in [5.74, 6) is -1.02. The first kappa shape index (κ1) is 19.7. The van der Waals surface area contributed by atoms with Crippen molar-refractivity contribution in [2.24, 2.45) is 5.73 Å². The molecular formula is C23H15N5O6. The van der Waals surface area contributed by atoms with Gasteiger partial charge in [0.25, 0.3) is 0 Å². The second-order valence-corrected chi connectivity index (χ2v) is 7.85. The maximum atomic E-state index is 14.1. The number of carboxylic acids is 1. The molecule has 0 bridgehead atoms. The van der Waals surface area contributed by atoms with E-state index in [1.54, 1.807) is 42.5 Å². The van der Waals surface area contributed by atoms with Gasteiger partial charge in [0.2, 0.25) is 24.5 Å². The number of hydrogen-bond donors (Lipinski definition) is 3. The molecule has 1 aromatic heterocycles. The summed E-state index contributed by atoms with van der Waals surface area (Å²) in [6, 6.07) is 13.9. The van der Waals surface area contributed by atoms with Crippen LogP contribution in [0.5, 0.6) is 17.4 Å². The molecule has 3 aromatic rings. The van der Waals surface area contributed by atoms with Gasteiger partial charge in [-0.25, -0.2) is 0 Å². The quantitative estimate of drug-likeness (QED) is 0.530. The number of anilines is 1. The van der Waals surface area contributed by atoms with Crippen LogP contribution in [0.15, 0.2) is 53.9 Å². The summed E-state index contributed by atoms with van der Waals surface area (Å²) in [7, 11) is 0. The Morgan fingerprint density at radius 2 is 2.06 bits per heavy atom.